The van der Waals surface area contributed by atoms with Crippen molar-refractivity contribution >= 4 is 5.97 Å². The summed E-state index contributed by atoms with van der Waals surface area (Å²) in [6.07, 6.45) is -0.994. The van der Waals surface area contributed by atoms with Crippen LogP contribution < -0.4 is 0 Å². The third-order valence-electron chi connectivity index (χ3n) is 5.32. The molecule has 0 spiro atoms. The van der Waals surface area contributed by atoms with Gasteiger partial charge in [0.25, 0.3) is 0 Å². The molecule has 1 aliphatic heterocycles. The molecule has 2 rings (SSSR count). The van der Waals surface area contributed by atoms with Gasteiger partial charge >= 0.3 is 12.1 Å². The van der Waals surface area contributed by atoms with Gasteiger partial charge < -0.3 is 9.84 Å². The molecule has 0 radical (unpaired) electrons. The highest BCUT2D eigenvalue weighted by atomic mass is 19.4. The lowest BCUT2D eigenvalue weighted by atomic mass is 9.78. The van der Waals surface area contributed by atoms with Crippen LogP contribution in [0.25, 0.3) is 0 Å². The maximum atomic E-state index is 13.4. The number of carbonyl (C=O) groups is 1. The average Bonchev–Trinajstić information content (AvgIpc) is 3.02. The zero-order valence-corrected chi connectivity index (χ0v) is 14.3. The number of allylic oxidation sites excluding steroid dienone is 2. The average molecular weight is 346 g/mol. The number of rotatable bonds is 6. The molecule has 0 bridgehead atoms. The number of aliphatic hydroxyl groups excluding tert-OH is 1. The molecule has 3 nitrogen and oxygen atoms in total. The van der Waals surface area contributed by atoms with Gasteiger partial charge in [0.05, 0.1) is 17.4 Å². The summed E-state index contributed by atoms with van der Waals surface area (Å²) in [5.41, 5.74) is -1.31. The Hall–Kier alpha value is -1.30. The Labute approximate surface area is 140 Å². The fraction of sp³-hybridized carbons (Fsp3) is 0.722. The molecule has 136 valence electrons. The Kier molecular flexibility index (Phi) is 5.47. The summed E-state index contributed by atoms with van der Waals surface area (Å²) in [5, 5.41) is 10.2. The molecule has 1 aliphatic carbocycles. The Morgan fingerprint density at radius 2 is 2.08 bits per heavy atom. The second-order valence-corrected chi connectivity index (χ2v) is 7.01. The minimum atomic E-state index is -4.48. The van der Waals surface area contributed by atoms with E-state index in [1.165, 1.54) is 6.08 Å². The van der Waals surface area contributed by atoms with Crippen molar-refractivity contribution in [1.29, 1.82) is 0 Å². The number of ether oxygens (including phenoxy) is 1. The van der Waals surface area contributed by atoms with E-state index in [0.29, 0.717) is 31.4 Å². The quantitative estimate of drug-likeness (QED) is 0.568. The Morgan fingerprint density at radius 1 is 1.42 bits per heavy atom. The second-order valence-electron chi connectivity index (χ2n) is 7.01. The van der Waals surface area contributed by atoms with Gasteiger partial charge in [-0.15, -0.1) is 0 Å². The lowest BCUT2D eigenvalue weighted by molar-refractivity contribution is -0.244. The van der Waals surface area contributed by atoms with Gasteiger partial charge in [-0.05, 0) is 32.3 Å². The first kappa shape index (κ1) is 19.0. The van der Waals surface area contributed by atoms with Crippen LogP contribution in [0.4, 0.5) is 13.2 Å². The maximum Gasteiger partial charge on any atom is 0.397 e. The van der Waals surface area contributed by atoms with E-state index in [1.54, 1.807) is 13.0 Å². The SMILES string of the molecule is CCCCC(C)(C(O)/C=C/C1CCC2=C1C(C)C(=O)O2)C(F)(F)F. The highest BCUT2D eigenvalue weighted by Crippen LogP contribution is 2.46. The van der Waals surface area contributed by atoms with Gasteiger partial charge in [-0.1, -0.05) is 31.9 Å². The van der Waals surface area contributed by atoms with Crippen LogP contribution in [-0.4, -0.2) is 23.4 Å². The molecule has 4 atom stereocenters. The first-order valence-corrected chi connectivity index (χ1v) is 8.49. The van der Waals surface area contributed by atoms with Crippen LogP contribution >= 0.6 is 0 Å². The van der Waals surface area contributed by atoms with Gasteiger partial charge in [0.1, 0.15) is 5.76 Å². The largest absolute Gasteiger partial charge is 0.431 e. The number of unbranched alkanes of at least 4 members (excludes halogenated alkanes) is 1. The van der Waals surface area contributed by atoms with Crippen LogP contribution in [0.2, 0.25) is 0 Å². The number of esters is 1. The van der Waals surface area contributed by atoms with Crippen molar-refractivity contribution in [2.45, 2.75) is 65.2 Å². The monoisotopic (exact) mass is 346 g/mol. The van der Waals surface area contributed by atoms with E-state index >= 15 is 0 Å². The number of carbonyl (C=O) groups excluding carboxylic acids is 1. The minimum absolute atomic E-state index is 0.116. The van der Waals surface area contributed by atoms with Gasteiger partial charge in [-0.25, -0.2) is 0 Å². The highest BCUT2D eigenvalue weighted by molar-refractivity contribution is 5.80. The minimum Gasteiger partial charge on any atom is -0.431 e. The van der Waals surface area contributed by atoms with E-state index in [4.69, 9.17) is 4.74 Å². The van der Waals surface area contributed by atoms with Crippen LogP contribution in [0.15, 0.2) is 23.5 Å². The second kappa shape index (κ2) is 6.90. The fourth-order valence-electron chi connectivity index (χ4n) is 3.46. The molecule has 1 heterocycles. The van der Waals surface area contributed by atoms with Crippen molar-refractivity contribution in [3.8, 4) is 0 Å². The Balaban J connectivity index is 2.14. The highest BCUT2D eigenvalue weighted by Gasteiger charge is 2.54. The van der Waals surface area contributed by atoms with Crippen LogP contribution in [0.3, 0.4) is 0 Å². The lowest BCUT2D eigenvalue weighted by Gasteiger charge is -2.35. The van der Waals surface area contributed by atoms with Crippen LogP contribution in [0.1, 0.15) is 52.9 Å². The van der Waals surface area contributed by atoms with E-state index in [1.807, 2.05) is 6.92 Å². The Morgan fingerprint density at radius 3 is 2.67 bits per heavy atom. The molecule has 1 N–H and O–H groups in total. The molecule has 6 heteroatoms. The summed E-state index contributed by atoms with van der Waals surface area (Å²) >= 11 is 0. The zero-order chi connectivity index (χ0) is 18.1. The van der Waals surface area contributed by atoms with E-state index in [-0.39, 0.29) is 24.2 Å². The topological polar surface area (TPSA) is 46.5 Å². The summed E-state index contributed by atoms with van der Waals surface area (Å²) < 4.78 is 45.5. The number of alkyl halides is 3. The molecule has 0 saturated heterocycles. The maximum absolute atomic E-state index is 13.4. The molecule has 0 aromatic carbocycles. The molecule has 0 saturated carbocycles. The number of halogens is 3. The summed E-state index contributed by atoms with van der Waals surface area (Å²) in [4.78, 5) is 11.6. The number of hydrogen-bond donors (Lipinski definition) is 1. The van der Waals surface area contributed by atoms with Crippen molar-refractivity contribution in [1.82, 2.24) is 0 Å². The zero-order valence-electron chi connectivity index (χ0n) is 14.3. The molecular weight excluding hydrogens is 321 g/mol. The molecule has 0 amide bonds. The van der Waals surface area contributed by atoms with E-state index in [9.17, 15) is 23.1 Å². The van der Waals surface area contributed by atoms with Crippen LogP contribution in [0, 0.1) is 17.3 Å². The molecule has 2 aliphatic rings. The van der Waals surface area contributed by atoms with Crippen molar-refractivity contribution in [3.05, 3.63) is 23.5 Å². The first-order chi connectivity index (χ1) is 11.1. The summed E-state index contributed by atoms with van der Waals surface area (Å²) in [6, 6.07) is 0. The first-order valence-electron chi connectivity index (χ1n) is 8.49. The lowest BCUT2D eigenvalue weighted by Crippen LogP contribution is -2.44. The van der Waals surface area contributed by atoms with Gasteiger partial charge in [0.15, 0.2) is 0 Å². The third kappa shape index (κ3) is 3.39. The van der Waals surface area contributed by atoms with Crippen molar-refractivity contribution in [3.63, 3.8) is 0 Å². The molecular formula is C18H25F3O3. The Bertz CT molecular complexity index is 550. The summed E-state index contributed by atoms with van der Waals surface area (Å²) in [6.45, 7) is 4.64. The number of hydrogen-bond acceptors (Lipinski definition) is 3. The molecule has 0 fully saturated rings. The standard InChI is InChI=1S/C18H25F3O3/c1-4-5-10-17(3,18(19,20)21)14(22)9-7-12-6-8-13-15(12)11(2)16(23)24-13/h7,9,11-12,14,22H,4-6,8,10H2,1-3H3/b9-7+. The molecule has 0 aromatic heterocycles. The van der Waals surface area contributed by atoms with Crippen molar-refractivity contribution < 1.29 is 27.8 Å². The molecule has 0 aromatic rings. The van der Waals surface area contributed by atoms with Crippen LogP contribution in [0.5, 0.6) is 0 Å². The predicted octanol–water partition coefficient (Wildman–Crippen LogP) is 4.52. The summed E-state index contributed by atoms with van der Waals surface area (Å²) in [5.74, 6) is -0.147. The van der Waals surface area contributed by atoms with E-state index in [2.05, 4.69) is 0 Å². The third-order valence-corrected chi connectivity index (χ3v) is 5.32. The smallest absolute Gasteiger partial charge is 0.397 e. The summed E-state index contributed by atoms with van der Waals surface area (Å²) in [7, 11) is 0. The normalized spacial score (nSPS) is 28.2. The molecule has 24 heavy (non-hydrogen) atoms. The van der Waals surface area contributed by atoms with Gasteiger partial charge in [-0.3, -0.25) is 4.79 Å². The predicted molar refractivity (Wildman–Crippen MR) is 83.8 cm³/mol. The fourth-order valence-corrected chi connectivity index (χ4v) is 3.46. The van der Waals surface area contributed by atoms with Gasteiger partial charge in [0, 0.05) is 12.3 Å². The van der Waals surface area contributed by atoms with E-state index < -0.39 is 17.7 Å². The van der Waals surface area contributed by atoms with Crippen molar-refractivity contribution in [2.24, 2.45) is 17.3 Å². The van der Waals surface area contributed by atoms with Gasteiger partial charge in [0.2, 0.25) is 0 Å². The number of aliphatic hydroxyl groups is 1. The van der Waals surface area contributed by atoms with Crippen LogP contribution in [-0.2, 0) is 9.53 Å². The van der Waals surface area contributed by atoms with Gasteiger partial charge in [-0.2, -0.15) is 13.2 Å². The van der Waals surface area contributed by atoms with Crippen molar-refractivity contribution in [2.75, 3.05) is 0 Å². The molecule has 4 unspecified atom stereocenters. The van der Waals surface area contributed by atoms with E-state index in [0.717, 1.165) is 12.5 Å².